The molecule has 0 aliphatic heterocycles. The zero-order valence-corrected chi connectivity index (χ0v) is 13.9. The van der Waals surface area contributed by atoms with E-state index in [9.17, 15) is 4.79 Å². The minimum absolute atomic E-state index is 0.0447. The van der Waals surface area contributed by atoms with E-state index in [0.29, 0.717) is 11.3 Å². The van der Waals surface area contributed by atoms with Gasteiger partial charge >= 0.3 is 6.01 Å². The summed E-state index contributed by atoms with van der Waals surface area (Å²) < 4.78 is 5.80. The molecule has 3 rings (SSSR count). The van der Waals surface area contributed by atoms with Gasteiger partial charge in [-0.2, -0.15) is 15.0 Å². The van der Waals surface area contributed by atoms with Crippen molar-refractivity contribution in [2.24, 2.45) is 0 Å². The molecule has 7 nitrogen and oxygen atoms in total. The fraction of sp³-hybridized carbons (Fsp3) is 0.111. The summed E-state index contributed by atoms with van der Waals surface area (Å²) in [5.74, 6) is 0.915. The molecule has 1 aromatic heterocycles. The van der Waals surface area contributed by atoms with Gasteiger partial charge in [0.05, 0.1) is 0 Å². The summed E-state index contributed by atoms with van der Waals surface area (Å²) >= 11 is 0. The van der Waals surface area contributed by atoms with Crippen LogP contribution in [0.2, 0.25) is 0 Å². The van der Waals surface area contributed by atoms with Crippen LogP contribution in [0.4, 0.5) is 17.6 Å². The molecule has 0 radical (unpaired) electrons. The van der Waals surface area contributed by atoms with Gasteiger partial charge in [0.1, 0.15) is 12.0 Å². The SMILES string of the molecule is Cc1cc(C=O)cc(C)c1Oc1nc(N)nc(Nc2ccccc2)n1. The van der Waals surface area contributed by atoms with Gasteiger partial charge in [-0.25, -0.2) is 0 Å². The molecule has 0 amide bonds. The number of para-hydroxylation sites is 1. The largest absolute Gasteiger partial charge is 0.424 e. The van der Waals surface area contributed by atoms with Crippen molar-refractivity contribution in [3.8, 4) is 11.8 Å². The second-order valence-corrected chi connectivity index (χ2v) is 5.49. The molecule has 25 heavy (non-hydrogen) atoms. The number of carbonyl (C=O) groups excluding carboxylic acids is 1. The number of ether oxygens (including phenoxy) is 1. The van der Waals surface area contributed by atoms with Gasteiger partial charge in [0.25, 0.3) is 0 Å². The predicted molar refractivity (Wildman–Crippen MR) is 95.3 cm³/mol. The van der Waals surface area contributed by atoms with E-state index in [1.54, 1.807) is 12.1 Å². The van der Waals surface area contributed by atoms with Gasteiger partial charge in [0.2, 0.25) is 11.9 Å². The number of aldehydes is 1. The molecule has 0 aliphatic rings. The highest BCUT2D eigenvalue weighted by molar-refractivity contribution is 5.76. The van der Waals surface area contributed by atoms with Crippen LogP contribution in [0.15, 0.2) is 42.5 Å². The van der Waals surface area contributed by atoms with E-state index < -0.39 is 0 Å². The topological polar surface area (TPSA) is 103 Å². The van der Waals surface area contributed by atoms with Crippen LogP contribution in [0.25, 0.3) is 0 Å². The van der Waals surface area contributed by atoms with Gasteiger partial charge in [0, 0.05) is 11.3 Å². The molecular weight excluding hydrogens is 318 g/mol. The van der Waals surface area contributed by atoms with Crippen LogP contribution in [0.5, 0.6) is 11.8 Å². The molecule has 7 heteroatoms. The van der Waals surface area contributed by atoms with Crippen molar-refractivity contribution >= 4 is 23.9 Å². The highest BCUT2D eigenvalue weighted by Crippen LogP contribution is 2.28. The fourth-order valence-electron chi connectivity index (χ4n) is 2.43. The molecule has 0 fully saturated rings. The van der Waals surface area contributed by atoms with Gasteiger partial charge in [-0.15, -0.1) is 0 Å². The van der Waals surface area contributed by atoms with Gasteiger partial charge in [0.15, 0.2) is 0 Å². The lowest BCUT2D eigenvalue weighted by Crippen LogP contribution is -2.06. The molecule has 0 atom stereocenters. The third-order valence-corrected chi connectivity index (χ3v) is 3.47. The van der Waals surface area contributed by atoms with E-state index in [2.05, 4.69) is 20.3 Å². The lowest BCUT2D eigenvalue weighted by molar-refractivity contribution is 0.112. The monoisotopic (exact) mass is 335 g/mol. The van der Waals surface area contributed by atoms with Crippen molar-refractivity contribution < 1.29 is 9.53 Å². The van der Waals surface area contributed by atoms with Crippen molar-refractivity contribution in [2.45, 2.75) is 13.8 Å². The first kappa shape index (κ1) is 16.4. The molecule has 0 unspecified atom stereocenters. The maximum absolute atomic E-state index is 10.9. The normalized spacial score (nSPS) is 10.3. The van der Waals surface area contributed by atoms with Gasteiger partial charge in [-0.05, 0) is 49.2 Å². The van der Waals surface area contributed by atoms with Crippen LogP contribution >= 0.6 is 0 Å². The summed E-state index contributed by atoms with van der Waals surface area (Å²) in [4.78, 5) is 23.3. The first-order valence-corrected chi connectivity index (χ1v) is 7.63. The lowest BCUT2D eigenvalue weighted by Gasteiger charge is -2.12. The van der Waals surface area contributed by atoms with E-state index in [1.807, 2.05) is 44.2 Å². The second-order valence-electron chi connectivity index (χ2n) is 5.49. The molecule has 0 aliphatic carbocycles. The van der Waals surface area contributed by atoms with Crippen molar-refractivity contribution in [1.82, 2.24) is 15.0 Å². The first-order valence-electron chi connectivity index (χ1n) is 7.63. The van der Waals surface area contributed by atoms with Crippen LogP contribution in [0.1, 0.15) is 21.5 Å². The van der Waals surface area contributed by atoms with Gasteiger partial charge in [-0.1, -0.05) is 18.2 Å². The minimum Gasteiger partial charge on any atom is -0.424 e. The summed E-state index contributed by atoms with van der Waals surface area (Å²) in [5, 5.41) is 3.05. The number of aryl methyl sites for hydroxylation is 2. The number of nitrogens with one attached hydrogen (secondary N) is 1. The summed E-state index contributed by atoms with van der Waals surface area (Å²) in [6, 6.07) is 13.0. The summed E-state index contributed by atoms with van der Waals surface area (Å²) in [6.07, 6.45) is 0.798. The molecule has 3 aromatic rings. The Labute approximate surface area is 144 Å². The van der Waals surface area contributed by atoms with Crippen molar-refractivity contribution in [2.75, 3.05) is 11.1 Å². The molecular formula is C18H17N5O2. The average molecular weight is 335 g/mol. The zero-order chi connectivity index (χ0) is 17.8. The Morgan fingerprint density at radius 1 is 1.04 bits per heavy atom. The number of rotatable bonds is 5. The van der Waals surface area contributed by atoms with Crippen LogP contribution in [-0.4, -0.2) is 21.2 Å². The molecule has 2 aromatic carbocycles. The summed E-state index contributed by atoms with van der Waals surface area (Å²) in [6.45, 7) is 3.70. The van der Waals surface area contributed by atoms with Crippen LogP contribution in [0.3, 0.4) is 0 Å². The minimum atomic E-state index is 0.0447. The Kier molecular flexibility index (Phi) is 4.56. The molecule has 0 spiro atoms. The Balaban J connectivity index is 1.90. The first-order chi connectivity index (χ1) is 12.0. The molecule has 0 saturated carbocycles. The number of anilines is 3. The van der Waals surface area contributed by atoms with Gasteiger partial charge < -0.3 is 15.8 Å². The Hall–Kier alpha value is -3.48. The molecule has 126 valence electrons. The quantitative estimate of drug-likeness (QED) is 0.689. The molecule has 0 bridgehead atoms. The standard InChI is InChI=1S/C18H17N5O2/c1-11-8-13(10-24)9-12(2)15(11)25-18-22-16(19)21-17(23-18)20-14-6-4-3-5-7-14/h3-10H,1-2H3,(H3,19,20,21,22,23). The highest BCUT2D eigenvalue weighted by atomic mass is 16.5. The maximum atomic E-state index is 10.9. The average Bonchev–Trinajstić information content (AvgIpc) is 2.58. The predicted octanol–water partition coefficient (Wildman–Crippen LogP) is 3.42. The van der Waals surface area contributed by atoms with Crippen LogP contribution in [-0.2, 0) is 0 Å². The van der Waals surface area contributed by atoms with Crippen molar-refractivity contribution in [1.29, 1.82) is 0 Å². The highest BCUT2D eigenvalue weighted by Gasteiger charge is 2.12. The Bertz CT molecular complexity index is 890. The number of aromatic nitrogens is 3. The van der Waals surface area contributed by atoms with E-state index >= 15 is 0 Å². The lowest BCUT2D eigenvalue weighted by atomic mass is 10.1. The van der Waals surface area contributed by atoms with E-state index in [1.165, 1.54) is 0 Å². The van der Waals surface area contributed by atoms with Crippen LogP contribution < -0.4 is 15.8 Å². The van der Waals surface area contributed by atoms with Crippen molar-refractivity contribution in [3.05, 3.63) is 59.2 Å². The maximum Gasteiger partial charge on any atom is 0.328 e. The Morgan fingerprint density at radius 3 is 2.36 bits per heavy atom. The number of carbonyl (C=O) groups is 1. The fourth-order valence-corrected chi connectivity index (χ4v) is 2.43. The number of nitrogen functional groups attached to an aromatic ring is 1. The van der Waals surface area contributed by atoms with Crippen LogP contribution in [0, 0.1) is 13.8 Å². The van der Waals surface area contributed by atoms with E-state index in [-0.39, 0.29) is 17.9 Å². The zero-order valence-electron chi connectivity index (χ0n) is 13.9. The number of hydrogen-bond donors (Lipinski definition) is 2. The van der Waals surface area contributed by atoms with Gasteiger partial charge in [-0.3, -0.25) is 4.79 Å². The molecule has 1 heterocycles. The second kappa shape index (κ2) is 6.96. The molecule has 0 saturated heterocycles. The number of hydrogen-bond acceptors (Lipinski definition) is 7. The van der Waals surface area contributed by atoms with Crippen molar-refractivity contribution in [3.63, 3.8) is 0 Å². The number of benzene rings is 2. The summed E-state index contributed by atoms with van der Waals surface area (Å²) in [7, 11) is 0. The third-order valence-electron chi connectivity index (χ3n) is 3.47. The van der Waals surface area contributed by atoms with E-state index in [0.717, 1.165) is 23.1 Å². The summed E-state index contributed by atoms with van der Waals surface area (Å²) in [5.41, 5.74) is 8.78. The number of nitrogens with zero attached hydrogens (tertiary/aromatic N) is 3. The third kappa shape index (κ3) is 3.89. The molecule has 3 N–H and O–H groups in total. The van der Waals surface area contributed by atoms with E-state index in [4.69, 9.17) is 10.5 Å². The number of nitrogens with two attached hydrogens (primary N) is 1. The Morgan fingerprint density at radius 2 is 1.72 bits per heavy atom. The smallest absolute Gasteiger partial charge is 0.328 e.